The molecule has 0 nitrogen and oxygen atoms in total. The second-order valence-corrected chi connectivity index (χ2v) is 6.90. The van der Waals surface area contributed by atoms with E-state index in [-0.39, 0.29) is 5.41 Å². The Balaban J connectivity index is 2.31. The zero-order valence-corrected chi connectivity index (χ0v) is 13.6. The number of allylic oxidation sites excluding steroid dienone is 6. The van der Waals surface area contributed by atoms with Crippen LogP contribution >= 0.6 is 0 Å². The average Bonchev–Trinajstić information content (AvgIpc) is 2.89. The Morgan fingerprint density at radius 3 is 2.56 bits per heavy atom. The van der Waals surface area contributed by atoms with E-state index in [9.17, 15) is 0 Å². The van der Waals surface area contributed by atoms with Gasteiger partial charge in [0.25, 0.3) is 0 Å². The van der Waals surface area contributed by atoms with Gasteiger partial charge in [0.05, 0.1) is 0 Å². The third-order valence-corrected chi connectivity index (χ3v) is 5.82. The van der Waals surface area contributed by atoms with Gasteiger partial charge in [0.15, 0.2) is 0 Å². The Kier molecular flexibility index (Phi) is 2.86. The van der Waals surface area contributed by atoms with Crippen LogP contribution in [0, 0.1) is 0 Å². The van der Waals surface area contributed by atoms with Gasteiger partial charge in [-0.25, -0.2) is 0 Å². The molecule has 2 aliphatic rings. The molecular weight excluding hydrogens is 295 g/mol. The molecule has 1 aromatic carbocycles. The van der Waals surface area contributed by atoms with Crippen molar-refractivity contribution in [3.05, 3.63) is 62.0 Å². The fourth-order valence-electron chi connectivity index (χ4n) is 3.35. The third kappa shape index (κ3) is 1.46. The van der Waals surface area contributed by atoms with Crippen LogP contribution in [-0.2, 0) is 30.1 Å². The number of benzene rings is 1. The number of hydrogen-bond donors (Lipinski definition) is 0. The van der Waals surface area contributed by atoms with Gasteiger partial charge in [-0.2, -0.15) is 0 Å². The summed E-state index contributed by atoms with van der Waals surface area (Å²) in [7, 11) is 0. The molecule has 1 atom stereocenters. The molecule has 0 aromatic heterocycles. The topological polar surface area (TPSA) is 0 Å². The molecule has 18 heavy (non-hydrogen) atoms. The summed E-state index contributed by atoms with van der Waals surface area (Å²) >= 11 is 1.56. The van der Waals surface area contributed by atoms with Gasteiger partial charge in [0, 0.05) is 0 Å². The van der Waals surface area contributed by atoms with Crippen LogP contribution in [0.4, 0.5) is 0 Å². The van der Waals surface area contributed by atoms with Crippen molar-refractivity contribution in [2.45, 2.75) is 32.6 Å². The molecule has 0 fully saturated rings. The van der Waals surface area contributed by atoms with E-state index in [0.717, 1.165) is 6.42 Å². The van der Waals surface area contributed by atoms with Gasteiger partial charge < -0.3 is 0 Å². The summed E-state index contributed by atoms with van der Waals surface area (Å²) in [5, 5.41) is 0. The summed E-state index contributed by atoms with van der Waals surface area (Å²) in [6.45, 7) is 6.96. The SMILES string of the molecule is CC1=C(C)C(C)(C2=[C]([Zr])CC=C2)c2ccccc21. The van der Waals surface area contributed by atoms with Crippen molar-refractivity contribution >= 4 is 5.57 Å². The predicted molar refractivity (Wildman–Crippen MR) is 72.8 cm³/mol. The van der Waals surface area contributed by atoms with Crippen LogP contribution in [0.25, 0.3) is 5.57 Å². The molecule has 0 aliphatic heterocycles. The molecule has 0 saturated carbocycles. The molecule has 1 heteroatoms. The molecule has 0 radical (unpaired) electrons. The van der Waals surface area contributed by atoms with Crippen LogP contribution in [0.2, 0.25) is 0 Å². The third-order valence-electron chi connectivity index (χ3n) is 4.65. The second-order valence-electron chi connectivity index (χ2n) is 5.42. The van der Waals surface area contributed by atoms with Crippen molar-refractivity contribution in [2.24, 2.45) is 0 Å². The van der Waals surface area contributed by atoms with Crippen molar-refractivity contribution in [1.82, 2.24) is 0 Å². The van der Waals surface area contributed by atoms with Crippen molar-refractivity contribution < 1.29 is 24.7 Å². The fourth-order valence-corrected chi connectivity index (χ4v) is 4.45. The van der Waals surface area contributed by atoms with Gasteiger partial charge in [-0.05, 0) is 0 Å². The maximum atomic E-state index is 2.40. The Morgan fingerprint density at radius 1 is 1.17 bits per heavy atom. The summed E-state index contributed by atoms with van der Waals surface area (Å²) in [5.74, 6) is 0. The van der Waals surface area contributed by atoms with E-state index < -0.39 is 0 Å². The molecule has 1 unspecified atom stereocenters. The Bertz CT molecular complexity index is 616. The van der Waals surface area contributed by atoms with Crippen molar-refractivity contribution in [2.75, 3.05) is 0 Å². The van der Waals surface area contributed by atoms with Gasteiger partial charge in [-0.15, -0.1) is 0 Å². The number of fused-ring (bicyclic) bond motifs is 1. The first-order valence-corrected chi connectivity index (χ1v) is 7.69. The summed E-state index contributed by atoms with van der Waals surface area (Å²) in [4.78, 5) is 0. The van der Waals surface area contributed by atoms with E-state index in [1.165, 1.54) is 22.3 Å². The van der Waals surface area contributed by atoms with Gasteiger partial charge >= 0.3 is 125 Å². The first kappa shape index (κ1) is 12.4. The van der Waals surface area contributed by atoms with E-state index in [2.05, 4.69) is 57.2 Å². The molecule has 0 saturated heterocycles. The summed E-state index contributed by atoms with van der Waals surface area (Å²) in [6, 6.07) is 8.89. The van der Waals surface area contributed by atoms with Crippen molar-refractivity contribution in [3.63, 3.8) is 0 Å². The van der Waals surface area contributed by atoms with Crippen molar-refractivity contribution in [1.29, 1.82) is 0 Å². The van der Waals surface area contributed by atoms with E-state index >= 15 is 0 Å². The quantitative estimate of drug-likeness (QED) is 0.715. The Labute approximate surface area is 124 Å². The molecular formula is C17H17Zr. The van der Waals surface area contributed by atoms with E-state index in [1.54, 1.807) is 33.6 Å². The molecule has 0 N–H and O–H groups in total. The molecule has 3 rings (SSSR count). The molecule has 0 amide bonds. The number of rotatable bonds is 1. The molecule has 1 aromatic rings. The minimum absolute atomic E-state index is 0.104. The second kappa shape index (κ2) is 4.17. The van der Waals surface area contributed by atoms with Crippen LogP contribution in [0.3, 0.4) is 0 Å². The molecule has 0 spiro atoms. The molecule has 0 heterocycles. The molecule has 89 valence electrons. The molecule has 0 bridgehead atoms. The number of hydrogen-bond acceptors (Lipinski definition) is 0. The van der Waals surface area contributed by atoms with Crippen LogP contribution in [0.15, 0.2) is 50.8 Å². The fraction of sp³-hybridized carbons (Fsp3) is 0.294. The average molecular weight is 313 g/mol. The monoisotopic (exact) mass is 311 g/mol. The van der Waals surface area contributed by atoms with Crippen molar-refractivity contribution in [3.8, 4) is 0 Å². The van der Waals surface area contributed by atoms with Crippen LogP contribution in [0.5, 0.6) is 0 Å². The Hall–Kier alpha value is -0.677. The summed E-state index contributed by atoms with van der Waals surface area (Å²) in [6.07, 6.45) is 5.81. The Morgan fingerprint density at radius 2 is 1.89 bits per heavy atom. The normalized spacial score (nSPS) is 26.1. The summed E-state index contributed by atoms with van der Waals surface area (Å²) in [5.41, 5.74) is 7.56. The van der Waals surface area contributed by atoms with Gasteiger partial charge in [0.1, 0.15) is 0 Å². The maximum absolute atomic E-state index is 2.40. The zero-order valence-electron chi connectivity index (χ0n) is 11.2. The van der Waals surface area contributed by atoms with Crippen LogP contribution in [0.1, 0.15) is 38.3 Å². The molecule has 2 aliphatic carbocycles. The summed E-state index contributed by atoms with van der Waals surface area (Å²) < 4.78 is 1.61. The van der Waals surface area contributed by atoms with Gasteiger partial charge in [0.2, 0.25) is 0 Å². The standard InChI is InChI=1S/C17H17.Zr/c1-12-13(2)17(3,14-8-4-5-9-14)16-11-7-6-10-15(12)16;/h4,6-8,10-11H,5H2,1-3H3;. The predicted octanol–water partition coefficient (Wildman–Crippen LogP) is 4.51. The minimum atomic E-state index is 0.104. The van der Waals surface area contributed by atoms with E-state index in [0.29, 0.717) is 0 Å². The first-order chi connectivity index (χ1) is 8.56. The van der Waals surface area contributed by atoms with Gasteiger partial charge in [-0.1, -0.05) is 0 Å². The van der Waals surface area contributed by atoms with E-state index in [4.69, 9.17) is 0 Å². The van der Waals surface area contributed by atoms with E-state index in [1.807, 2.05) is 0 Å². The first-order valence-electron chi connectivity index (χ1n) is 6.46. The van der Waals surface area contributed by atoms with Crippen LogP contribution in [-0.4, -0.2) is 0 Å². The van der Waals surface area contributed by atoms with Gasteiger partial charge in [-0.3, -0.25) is 0 Å². The zero-order chi connectivity index (χ0) is 12.9. The van der Waals surface area contributed by atoms with Crippen LogP contribution < -0.4 is 0 Å².